The average molecular weight is 368 g/mol. The lowest BCUT2D eigenvalue weighted by atomic mass is 9.97. The molecule has 144 valence electrons. The number of unbranched alkanes of at least 4 members (excludes halogenated alkanes) is 1. The highest BCUT2D eigenvalue weighted by Crippen LogP contribution is 2.28. The normalized spacial score (nSPS) is 14.7. The molecule has 1 aromatic heterocycles. The van der Waals surface area contributed by atoms with Crippen molar-refractivity contribution in [3.05, 3.63) is 41.7 Å². The van der Waals surface area contributed by atoms with Crippen molar-refractivity contribution in [2.45, 2.75) is 64.4 Å². The van der Waals surface area contributed by atoms with Gasteiger partial charge in [-0.15, -0.1) is 5.10 Å². The summed E-state index contributed by atoms with van der Waals surface area (Å²) < 4.78 is 10.9. The second kappa shape index (κ2) is 9.49. The fourth-order valence-corrected chi connectivity index (χ4v) is 3.49. The molecule has 3 rings (SSSR count). The summed E-state index contributed by atoms with van der Waals surface area (Å²) in [6, 6.07) is 9.86. The highest BCUT2D eigenvalue weighted by molar-refractivity contribution is 5.88. The number of nitrogens with zero attached hydrogens (tertiary/aromatic N) is 2. The zero-order chi connectivity index (χ0) is 19.1. The quantitative estimate of drug-likeness (QED) is 0.645. The van der Waals surface area contributed by atoms with Crippen molar-refractivity contribution in [1.82, 2.24) is 10.2 Å². The molecule has 0 radical (unpaired) electrons. The average Bonchev–Trinajstić information content (AvgIpc) is 2.73. The van der Waals surface area contributed by atoms with Gasteiger partial charge in [-0.1, -0.05) is 31.9 Å². The van der Waals surface area contributed by atoms with E-state index in [-0.39, 0.29) is 5.69 Å². The highest BCUT2D eigenvalue weighted by Gasteiger charge is 2.16. The third-order valence-electron chi connectivity index (χ3n) is 5.05. The Balaban J connectivity index is 1.83. The third kappa shape index (κ3) is 5.06. The fourth-order valence-electron chi connectivity index (χ4n) is 3.49. The Morgan fingerprint density at radius 2 is 1.85 bits per heavy atom. The molecule has 5 heteroatoms. The van der Waals surface area contributed by atoms with Crippen LogP contribution in [0.25, 0.3) is 11.1 Å². The van der Waals surface area contributed by atoms with Gasteiger partial charge in [0.15, 0.2) is 5.69 Å². The summed E-state index contributed by atoms with van der Waals surface area (Å²) in [6.45, 7) is 2.15. The van der Waals surface area contributed by atoms with Crippen LogP contribution in [0, 0.1) is 0 Å². The van der Waals surface area contributed by atoms with Crippen LogP contribution in [0.1, 0.15) is 68.1 Å². The molecule has 27 heavy (non-hydrogen) atoms. The van der Waals surface area contributed by atoms with E-state index < -0.39 is 5.97 Å². The molecule has 0 saturated heterocycles. The molecule has 1 saturated carbocycles. The van der Waals surface area contributed by atoms with Crippen molar-refractivity contribution in [2.75, 3.05) is 7.11 Å². The van der Waals surface area contributed by atoms with Crippen LogP contribution in [-0.2, 0) is 11.2 Å². The monoisotopic (exact) mass is 368 g/mol. The van der Waals surface area contributed by atoms with Crippen LogP contribution in [0.5, 0.6) is 5.75 Å². The number of esters is 1. The molecule has 1 aromatic carbocycles. The highest BCUT2D eigenvalue weighted by atomic mass is 16.5. The molecule has 1 aliphatic carbocycles. The van der Waals surface area contributed by atoms with Crippen molar-refractivity contribution in [3.8, 4) is 16.9 Å². The largest absolute Gasteiger partial charge is 0.490 e. The Hall–Kier alpha value is -2.43. The van der Waals surface area contributed by atoms with Crippen LogP contribution >= 0.6 is 0 Å². The Kier molecular flexibility index (Phi) is 6.80. The van der Waals surface area contributed by atoms with Crippen molar-refractivity contribution in [1.29, 1.82) is 0 Å². The number of ether oxygens (including phenoxy) is 2. The Morgan fingerprint density at radius 3 is 2.52 bits per heavy atom. The SMILES string of the molecule is CCCCc1nnc(C(=O)OC)cc1-c1ccc(OC2CCCCC2)cc1. The number of hydrogen-bond donors (Lipinski definition) is 0. The van der Waals surface area contributed by atoms with Crippen LogP contribution < -0.4 is 4.74 Å². The maximum absolute atomic E-state index is 11.9. The molecule has 0 spiro atoms. The topological polar surface area (TPSA) is 61.3 Å². The van der Waals surface area contributed by atoms with Crippen LogP contribution in [0.4, 0.5) is 0 Å². The molecular formula is C22H28N2O3. The maximum Gasteiger partial charge on any atom is 0.358 e. The summed E-state index contributed by atoms with van der Waals surface area (Å²) in [5, 5.41) is 8.33. The van der Waals surface area contributed by atoms with E-state index in [0.717, 1.165) is 54.7 Å². The summed E-state index contributed by atoms with van der Waals surface area (Å²) >= 11 is 0. The predicted octanol–water partition coefficient (Wildman–Crippen LogP) is 4.98. The van der Waals surface area contributed by atoms with Crippen molar-refractivity contribution < 1.29 is 14.3 Å². The van der Waals surface area contributed by atoms with Gasteiger partial charge in [-0.2, -0.15) is 5.10 Å². The standard InChI is InChI=1S/C22H28N2O3/c1-3-4-10-20-19(15-21(24-23-20)22(25)26-2)16-11-13-18(14-12-16)27-17-8-6-5-7-9-17/h11-15,17H,3-10H2,1-2H3. The van der Waals surface area contributed by atoms with E-state index in [1.165, 1.54) is 26.4 Å². The minimum absolute atomic E-state index is 0.232. The zero-order valence-corrected chi connectivity index (χ0v) is 16.2. The number of carbonyl (C=O) groups excluding carboxylic acids is 1. The fraction of sp³-hybridized carbons (Fsp3) is 0.500. The van der Waals surface area contributed by atoms with Crippen molar-refractivity contribution in [2.24, 2.45) is 0 Å². The second-order valence-corrected chi connectivity index (χ2v) is 7.09. The summed E-state index contributed by atoms with van der Waals surface area (Å²) in [4.78, 5) is 11.9. The van der Waals surface area contributed by atoms with Crippen LogP contribution in [-0.4, -0.2) is 29.4 Å². The first-order valence-electron chi connectivity index (χ1n) is 9.93. The number of benzene rings is 1. The van der Waals surface area contributed by atoms with Crippen LogP contribution in [0.2, 0.25) is 0 Å². The Morgan fingerprint density at radius 1 is 1.11 bits per heavy atom. The number of aromatic nitrogens is 2. The molecule has 0 bridgehead atoms. The number of aryl methyl sites for hydroxylation is 1. The van der Waals surface area contributed by atoms with E-state index in [1.54, 1.807) is 6.07 Å². The molecule has 1 heterocycles. The number of carbonyl (C=O) groups is 1. The van der Waals surface area contributed by atoms with Gasteiger partial charge in [0, 0.05) is 5.56 Å². The molecule has 0 amide bonds. The number of hydrogen-bond acceptors (Lipinski definition) is 5. The first-order valence-corrected chi connectivity index (χ1v) is 9.93. The molecule has 1 aliphatic rings. The van der Waals surface area contributed by atoms with Crippen LogP contribution in [0.15, 0.2) is 30.3 Å². The van der Waals surface area contributed by atoms with E-state index >= 15 is 0 Å². The van der Waals surface area contributed by atoms with E-state index in [0.29, 0.717) is 6.10 Å². The molecule has 1 fully saturated rings. The van der Waals surface area contributed by atoms with Gasteiger partial charge in [-0.3, -0.25) is 0 Å². The summed E-state index contributed by atoms with van der Waals surface area (Å²) in [5.74, 6) is 0.430. The van der Waals surface area contributed by atoms with Crippen molar-refractivity contribution >= 4 is 5.97 Å². The summed E-state index contributed by atoms with van der Waals surface area (Å²) in [5.41, 5.74) is 3.08. The van der Waals surface area contributed by atoms with Crippen molar-refractivity contribution in [3.63, 3.8) is 0 Å². The first kappa shape index (κ1) is 19.3. The maximum atomic E-state index is 11.9. The number of methoxy groups -OCH3 is 1. The molecular weight excluding hydrogens is 340 g/mol. The van der Waals surface area contributed by atoms with E-state index in [9.17, 15) is 4.79 Å². The molecule has 5 nitrogen and oxygen atoms in total. The second-order valence-electron chi connectivity index (χ2n) is 7.09. The smallest absolute Gasteiger partial charge is 0.358 e. The van der Waals surface area contributed by atoms with Gasteiger partial charge in [0.1, 0.15) is 5.75 Å². The number of rotatable bonds is 7. The lowest BCUT2D eigenvalue weighted by Gasteiger charge is -2.23. The Bertz CT molecular complexity index is 753. The molecule has 0 unspecified atom stereocenters. The third-order valence-corrected chi connectivity index (χ3v) is 5.05. The Labute approximate surface area is 161 Å². The van der Waals surface area contributed by atoms with Gasteiger partial charge in [0.2, 0.25) is 0 Å². The van der Waals surface area contributed by atoms with Gasteiger partial charge in [-0.05, 0) is 62.3 Å². The van der Waals surface area contributed by atoms with E-state index in [2.05, 4.69) is 17.1 Å². The first-order chi connectivity index (χ1) is 13.2. The lowest BCUT2D eigenvalue weighted by Crippen LogP contribution is -2.19. The minimum atomic E-state index is -0.469. The van der Waals surface area contributed by atoms with E-state index in [4.69, 9.17) is 9.47 Å². The summed E-state index contributed by atoms with van der Waals surface area (Å²) in [7, 11) is 1.35. The molecule has 0 atom stereocenters. The van der Waals surface area contributed by atoms with Gasteiger partial charge >= 0.3 is 5.97 Å². The lowest BCUT2D eigenvalue weighted by molar-refractivity contribution is 0.0592. The molecule has 0 N–H and O–H groups in total. The molecule has 2 aromatic rings. The van der Waals surface area contributed by atoms with Gasteiger partial charge < -0.3 is 9.47 Å². The van der Waals surface area contributed by atoms with Gasteiger partial charge in [0.05, 0.1) is 18.9 Å². The predicted molar refractivity (Wildman–Crippen MR) is 105 cm³/mol. The summed E-state index contributed by atoms with van der Waals surface area (Å²) in [6.07, 6.45) is 9.37. The zero-order valence-electron chi connectivity index (χ0n) is 16.2. The molecule has 0 aliphatic heterocycles. The van der Waals surface area contributed by atoms with Gasteiger partial charge in [0.25, 0.3) is 0 Å². The van der Waals surface area contributed by atoms with Gasteiger partial charge in [-0.25, -0.2) is 4.79 Å². The minimum Gasteiger partial charge on any atom is -0.490 e. The van der Waals surface area contributed by atoms with Crippen LogP contribution in [0.3, 0.4) is 0 Å². The van der Waals surface area contributed by atoms with E-state index in [1.807, 2.05) is 24.3 Å².